The number of hydrogen-bond donors (Lipinski definition) is 1. The second-order valence-electron chi connectivity index (χ2n) is 10.6. The molecule has 0 saturated carbocycles. The minimum atomic E-state index is -0.705. The summed E-state index contributed by atoms with van der Waals surface area (Å²) in [5.41, 5.74) is 1.62. The Labute approximate surface area is 215 Å². The number of fused-ring (bicyclic) bond motifs is 1. The molecular formula is C26H36N4O7. The number of para-hydroxylation sites is 1. The molecule has 1 unspecified atom stereocenters. The predicted molar refractivity (Wildman–Crippen MR) is 135 cm³/mol. The smallest absolute Gasteiger partial charge is 0.410 e. The fourth-order valence-electron chi connectivity index (χ4n) is 4.84. The monoisotopic (exact) mass is 516 g/mol. The van der Waals surface area contributed by atoms with Crippen molar-refractivity contribution in [3.63, 3.8) is 0 Å². The van der Waals surface area contributed by atoms with E-state index in [4.69, 9.17) is 14.2 Å². The van der Waals surface area contributed by atoms with Crippen molar-refractivity contribution in [2.45, 2.75) is 64.2 Å². The molecule has 11 heteroatoms. The lowest BCUT2D eigenvalue weighted by Gasteiger charge is -2.34. The van der Waals surface area contributed by atoms with Gasteiger partial charge in [-0.3, -0.25) is 24.0 Å². The van der Waals surface area contributed by atoms with Crippen LogP contribution >= 0.6 is 0 Å². The van der Waals surface area contributed by atoms with E-state index in [9.17, 15) is 19.2 Å². The Morgan fingerprint density at radius 2 is 2.00 bits per heavy atom. The molecule has 3 amide bonds. The molecule has 202 valence electrons. The first kappa shape index (κ1) is 26.9. The number of aryl methyl sites for hydroxylation is 2. The van der Waals surface area contributed by atoms with Crippen molar-refractivity contribution in [1.82, 2.24) is 19.4 Å². The van der Waals surface area contributed by atoms with Gasteiger partial charge in [0.15, 0.2) is 0 Å². The minimum absolute atomic E-state index is 0.205. The molecule has 2 aromatic rings. The SMILES string of the molecule is Cn1c(=O)n(C2CCC(=O)NC2=O)c2cccc(CCCOC[C@@H]3CN(C(=O)OC(C)(C)C)CCO3)c21. The van der Waals surface area contributed by atoms with Gasteiger partial charge in [0, 0.05) is 26.6 Å². The largest absolute Gasteiger partial charge is 0.444 e. The molecule has 1 N–H and O–H groups in total. The van der Waals surface area contributed by atoms with Crippen LogP contribution in [0.3, 0.4) is 0 Å². The van der Waals surface area contributed by atoms with Gasteiger partial charge in [0.1, 0.15) is 11.6 Å². The number of carbonyl (C=O) groups is 3. The maximum Gasteiger partial charge on any atom is 0.410 e. The summed E-state index contributed by atoms with van der Waals surface area (Å²) in [5, 5.41) is 2.34. The predicted octanol–water partition coefficient (Wildman–Crippen LogP) is 1.90. The Morgan fingerprint density at radius 3 is 2.73 bits per heavy atom. The second-order valence-corrected chi connectivity index (χ2v) is 10.6. The van der Waals surface area contributed by atoms with Crippen LogP contribution in [-0.4, -0.2) is 76.6 Å². The maximum atomic E-state index is 13.1. The van der Waals surface area contributed by atoms with Crippen molar-refractivity contribution in [3.8, 4) is 0 Å². The molecule has 0 radical (unpaired) electrons. The first-order valence-electron chi connectivity index (χ1n) is 12.7. The summed E-state index contributed by atoms with van der Waals surface area (Å²) in [7, 11) is 1.70. The van der Waals surface area contributed by atoms with Crippen LogP contribution in [0.4, 0.5) is 4.79 Å². The molecular weight excluding hydrogens is 480 g/mol. The number of ether oxygens (including phenoxy) is 3. The van der Waals surface area contributed by atoms with E-state index in [0.29, 0.717) is 51.3 Å². The highest BCUT2D eigenvalue weighted by molar-refractivity contribution is 6.00. The third-order valence-corrected chi connectivity index (χ3v) is 6.54. The van der Waals surface area contributed by atoms with Crippen LogP contribution in [0, 0.1) is 0 Å². The number of aromatic nitrogens is 2. The van der Waals surface area contributed by atoms with Crippen LogP contribution in [0.25, 0.3) is 11.0 Å². The van der Waals surface area contributed by atoms with Crippen molar-refractivity contribution < 1.29 is 28.6 Å². The number of nitrogens with one attached hydrogen (secondary N) is 1. The molecule has 0 aliphatic carbocycles. The first-order valence-corrected chi connectivity index (χ1v) is 12.7. The number of nitrogens with zero attached hydrogens (tertiary/aromatic N) is 3. The average Bonchev–Trinajstić information content (AvgIpc) is 3.09. The highest BCUT2D eigenvalue weighted by Gasteiger charge is 2.32. The van der Waals surface area contributed by atoms with Gasteiger partial charge < -0.3 is 19.1 Å². The van der Waals surface area contributed by atoms with Crippen molar-refractivity contribution >= 4 is 28.9 Å². The Hall–Kier alpha value is -3.18. The highest BCUT2D eigenvalue weighted by atomic mass is 16.6. The Morgan fingerprint density at radius 1 is 1.22 bits per heavy atom. The summed E-state index contributed by atoms with van der Waals surface area (Å²) >= 11 is 0. The Kier molecular flexibility index (Phi) is 8.03. The van der Waals surface area contributed by atoms with Gasteiger partial charge in [-0.25, -0.2) is 9.59 Å². The third-order valence-electron chi connectivity index (χ3n) is 6.54. The van der Waals surface area contributed by atoms with Crippen molar-refractivity contribution in [2.75, 3.05) is 32.9 Å². The summed E-state index contributed by atoms with van der Waals surface area (Å²) in [6, 6.07) is 4.97. The Bertz CT molecular complexity index is 1230. The molecule has 0 spiro atoms. The van der Waals surface area contributed by atoms with Gasteiger partial charge in [-0.15, -0.1) is 0 Å². The lowest BCUT2D eigenvalue weighted by Crippen LogP contribution is -2.48. The van der Waals surface area contributed by atoms with Crippen molar-refractivity contribution in [2.24, 2.45) is 7.05 Å². The molecule has 1 aromatic heterocycles. The van der Waals surface area contributed by atoms with E-state index in [-0.39, 0.29) is 30.2 Å². The van der Waals surface area contributed by atoms with Gasteiger partial charge in [0.25, 0.3) is 0 Å². The van der Waals surface area contributed by atoms with Gasteiger partial charge in [0.2, 0.25) is 11.8 Å². The zero-order valence-electron chi connectivity index (χ0n) is 22.0. The van der Waals surface area contributed by atoms with Crippen LogP contribution in [0.2, 0.25) is 0 Å². The Balaban J connectivity index is 1.33. The summed E-state index contributed by atoms with van der Waals surface area (Å²) in [6.45, 7) is 7.74. The molecule has 37 heavy (non-hydrogen) atoms. The average molecular weight is 517 g/mol. The van der Waals surface area contributed by atoms with Crippen molar-refractivity contribution in [1.29, 1.82) is 0 Å². The first-order chi connectivity index (χ1) is 17.5. The molecule has 2 aliphatic heterocycles. The van der Waals surface area contributed by atoms with E-state index < -0.39 is 17.6 Å². The zero-order chi connectivity index (χ0) is 26.7. The molecule has 2 fully saturated rings. The fraction of sp³-hybridized carbons (Fsp3) is 0.615. The molecule has 2 aliphatic rings. The molecule has 4 rings (SSSR count). The lowest BCUT2D eigenvalue weighted by atomic mass is 10.0. The van der Waals surface area contributed by atoms with Crippen LogP contribution in [-0.2, 0) is 37.3 Å². The third kappa shape index (κ3) is 6.22. The molecule has 2 atom stereocenters. The zero-order valence-corrected chi connectivity index (χ0v) is 22.0. The van der Waals surface area contributed by atoms with Crippen LogP contribution < -0.4 is 11.0 Å². The number of morpholine rings is 1. The molecule has 1 aromatic carbocycles. The molecule has 3 heterocycles. The topological polar surface area (TPSA) is 121 Å². The maximum absolute atomic E-state index is 13.1. The van der Waals surface area contributed by atoms with E-state index in [0.717, 1.165) is 17.5 Å². The van der Waals surface area contributed by atoms with E-state index in [1.54, 1.807) is 16.5 Å². The number of hydrogen-bond acceptors (Lipinski definition) is 7. The second kappa shape index (κ2) is 11.1. The van der Waals surface area contributed by atoms with E-state index in [1.165, 1.54) is 4.57 Å². The van der Waals surface area contributed by atoms with E-state index in [2.05, 4.69) is 5.32 Å². The normalized spacial score (nSPS) is 20.8. The quantitative estimate of drug-likeness (QED) is 0.441. The number of imide groups is 1. The summed E-state index contributed by atoms with van der Waals surface area (Å²) < 4.78 is 20.1. The number of piperidine rings is 1. The van der Waals surface area contributed by atoms with E-state index in [1.807, 2.05) is 39.0 Å². The highest BCUT2D eigenvalue weighted by Crippen LogP contribution is 2.25. The number of rotatable bonds is 7. The van der Waals surface area contributed by atoms with Gasteiger partial charge in [0.05, 0.1) is 36.9 Å². The molecule has 2 saturated heterocycles. The fourth-order valence-corrected chi connectivity index (χ4v) is 4.84. The number of benzene rings is 1. The number of amides is 3. The van der Waals surface area contributed by atoms with Crippen LogP contribution in [0.5, 0.6) is 0 Å². The van der Waals surface area contributed by atoms with Gasteiger partial charge in [-0.05, 0) is 51.7 Å². The summed E-state index contributed by atoms with van der Waals surface area (Å²) in [5.74, 6) is -0.758. The van der Waals surface area contributed by atoms with Crippen LogP contribution in [0.1, 0.15) is 51.6 Å². The lowest BCUT2D eigenvalue weighted by molar-refractivity contribution is -0.135. The van der Waals surface area contributed by atoms with Crippen LogP contribution in [0.15, 0.2) is 23.0 Å². The van der Waals surface area contributed by atoms with Gasteiger partial charge in [-0.1, -0.05) is 12.1 Å². The standard InChI is InChI=1S/C26H36N4O7/c1-26(2,3)37-25(34)29-12-14-36-18(15-29)16-35-13-6-8-17-7-5-9-19-22(17)28(4)24(33)30(19)20-10-11-21(31)27-23(20)32/h5,7,9,18,20H,6,8,10-16H2,1-4H3,(H,27,31,32)/t18-,20?/m0/s1. The number of carbonyl (C=O) groups excluding carboxylic acids is 3. The minimum Gasteiger partial charge on any atom is -0.444 e. The molecule has 0 bridgehead atoms. The summed E-state index contributed by atoms with van der Waals surface area (Å²) in [4.78, 5) is 51.0. The van der Waals surface area contributed by atoms with Gasteiger partial charge >= 0.3 is 11.8 Å². The number of imidazole rings is 1. The molecule has 11 nitrogen and oxygen atoms in total. The van der Waals surface area contributed by atoms with Gasteiger partial charge in [-0.2, -0.15) is 0 Å². The van der Waals surface area contributed by atoms with E-state index >= 15 is 0 Å². The summed E-state index contributed by atoms with van der Waals surface area (Å²) in [6.07, 6.45) is 1.35. The van der Waals surface area contributed by atoms with Crippen molar-refractivity contribution in [3.05, 3.63) is 34.2 Å².